The minimum atomic E-state index is 0.673. The van der Waals surface area contributed by atoms with Crippen molar-refractivity contribution in [3.05, 3.63) is 52.6 Å². The molecule has 0 N–H and O–H groups in total. The van der Waals surface area contributed by atoms with Gasteiger partial charge in [-0.1, -0.05) is 16.8 Å². The smallest absolute Gasteiger partial charge is 0.154 e. The van der Waals surface area contributed by atoms with Crippen molar-refractivity contribution in [2.75, 3.05) is 7.11 Å². The van der Waals surface area contributed by atoms with E-state index >= 15 is 0 Å². The number of thiophene rings is 1. The molecule has 0 aliphatic carbocycles. The molecule has 2 aromatic heterocycles. The molecule has 1 aromatic carbocycles. The minimum Gasteiger partial charge on any atom is -0.455 e. The maximum absolute atomic E-state index is 5.87. The third kappa shape index (κ3) is 3.15. The highest BCUT2D eigenvalue weighted by Crippen LogP contribution is 2.34. The average Bonchev–Trinajstić information content (AvgIpc) is 2.91. The number of oxime groups is 1. The molecule has 4 nitrogen and oxygen atoms in total. The standard InChI is InChI=1S/C15H11ClN2O2S/c1-19-18-7-12-6-13-14(8-17-9-15(13)21-12)20-11-4-2-10(16)3-5-11/h2-9H,1H3/b18-7+. The van der Waals surface area contributed by atoms with Gasteiger partial charge < -0.3 is 9.57 Å². The van der Waals surface area contributed by atoms with Crippen molar-refractivity contribution in [1.29, 1.82) is 0 Å². The normalized spacial score (nSPS) is 11.1. The fraction of sp³-hybridized carbons (Fsp3) is 0.0667. The van der Waals surface area contributed by atoms with Crippen molar-refractivity contribution in [3.8, 4) is 11.5 Å². The number of rotatable bonds is 4. The first-order chi connectivity index (χ1) is 10.3. The van der Waals surface area contributed by atoms with Gasteiger partial charge in [-0.2, -0.15) is 0 Å². The van der Waals surface area contributed by atoms with Crippen LogP contribution >= 0.6 is 22.9 Å². The Hall–Kier alpha value is -2.11. The fourth-order valence-corrected chi connectivity index (χ4v) is 2.87. The quantitative estimate of drug-likeness (QED) is 0.516. The summed E-state index contributed by atoms with van der Waals surface area (Å²) in [6.45, 7) is 0. The zero-order chi connectivity index (χ0) is 14.7. The van der Waals surface area contributed by atoms with Gasteiger partial charge in [0.25, 0.3) is 0 Å². The number of nitrogens with zero attached hydrogens (tertiary/aromatic N) is 2. The van der Waals surface area contributed by atoms with Crippen molar-refractivity contribution < 1.29 is 9.57 Å². The van der Waals surface area contributed by atoms with E-state index in [0.717, 1.165) is 15.0 Å². The van der Waals surface area contributed by atoms with Gasteiger partial charge in [-0.15, -0.1) is 11.3 Å². The zero-order valence-corrected chi connectivity index (χ0v) is 12.7. The molecule has 0 radical (unpaired) electrons. The summed E-state index contributed by atoms with van der Waals surface area (Å²) in [5.41, 5.74) is 0. The summed E-state index contributed by atoms with van der Waals surface area (Å²) >= 11 is 7.44. The topological polar surface area (TPSA) is 43.7 Å². The van der Waals surface area contributed by atoms with Crippen LogP contribution in [-0.4, -0.2) is 18.3 Å². The van der Waals surface area contributed by atoms with Crippen molar-refractivity contribution in [3.63, 3.8) is 0 Å². The number of aromatic nitrogens is 1. The van der Waals surface area contributed by atoms with Gasteiger partial charge in [-0.3, -0.25) is 4.98 Å². The van der Waals surface area contributed by atoms with E-state index < -0.39 is 0 Å². The van der Waals surface area contributed by atoms with E-state index in [1.54, 1.807) is 42.1 Å². The van der Waals surface area contributed by atoms with E-state index in [0.29, 0.717) is 16.5 Å². The van der Waals surface area contributed by atoms with E-state index in [4.69, 9.17) is 21.2 Å². The first-order valence-corrected chi connectivity index (χ1v) is 7.33. The number of pyridine rings is 1. The maximum atomic E-state index is 5.87. The van der Waals surface area contributed by atoms with Crippen LogP contribution < -0.4 is 4.74 Å². The van der Waals surface area contributed by atoms with Crippen LogP contribution in [0.25, 0.3) is 10.1 Å². The van der Waals surface area contributed by atoms with Crippen molar-refractivity contribution in [2.45, 2.75) is 0 Å². The highest BCUT2D eigenvalue weighted by Gasteiger charge is 2.08. The second-order valence-electron chi connectivity index (χ2n) is 4.17. The van der Waals surface area contributed by atoms with Crippen molar-refractivity contribution in [1.82, 2.24) is 4.98 Å². The molecule has 0 amide bonds. The first-order valence-electron chi connectivity index (χ1n) is 6.14. The van der Waals surface area contributed by atoms with Gasteiger partial charge in [0, 0.05) is 16.6 Å². The summed E-state index contributed by atoms with van der Waals surface area (Å²) in [7, 11) is 1.51. The molecular formula is C15H11ClN2O2S. The van der Waals surface area contributed by atoms with Gasteiger partial charge in [-0.25, -0.2) is 0 Å². The largest absolute Gasteiger partial charge is 0.455 e. The lowest BCUT2D eigenvalue weighted by Gasteiger charge is -2.06. The van der Waals surface area contributed by atoms with Crippen LogP contribution in [0.2, 0.25) is 5.02 Å². The van der Waals surface area contributed by atoms with Crippen LogP contribution in [0, 0.1) is 0 Å². The van der Waals surface area contributed by atoms with Crippen molar-refractivity contribution in [2.24, 2.45) is 5.16 Å². The van der Waals surface area contributed by atoms with Gasteiger partial charge in [0.1, 0.15) is 12.9 Å². The number of halogens is 1. The Morgan fingerprint density at radius 2 is 2.05 bits per heavy atom. The van der Waals surface area contributed by atoms with Gasteiger partial charge in [0.15, 0.2) is 5.75 Å². The van der Waals surface area contributed by atoms with E-state index in [9.17, 15) is 0 Å². The van der Waals surface area contributed by atoms with E-state index in [2.05, 4.69) is 10.1 Å². The fourth-order valence-electron chi connectivity index (χ4n) is 1.83. The lowest BCUT2D eigenvalue weighted by molar-refractivity contribution is 0.215. The molecule has 0 atom stereocenters. The molecule has 0 aliphatic heterocycles. The van der Waals surface area contributed by atoms with Gasteiger partial charge in [0.2, 0.25) is 0 Å². The predicted molar refractivity (Wildman–Crippen MR) is 85.7 cm³/mol. The highest BCUT2D eigenvalue weighted by atomic mass is 35.5. The first kappa shape index (κ1) is 13.9. The Balaban J connectivity index is 1.96. The average molecular weight is 319 g/mol. The Morgan fingerprint density at radius 1 is 1.24 bits per heavy atom. The molecule has 0 fully saturated rings. The molecule has 106 valence electrons. The Labute approximate surface area is 130 Å². The molecule has 0 unspecified atom stereocenters. The second-order valence-corrected chi connectivity index (χ2v) is 5.72. The summed E-state index contributed by atoms with van der Waals surface area (Å²) in [6, 6.07) is 9.21. The predicted octanol–water partition coefficient (Wildman–Crippen LogP) is 4.72. The van der Waals surface area contributed by atoms with Gasteiger partial charge in [-0.05, 0) is 30.3 Å². The molecule has 0 saturated heterocycles. The SMILES string of the molecule is CO/N=C/c1cc2c(Oc3ccc(Cl)cc3)cncc2s1. The molecule has 21 heavy (non-hydrogen) atoms. The van der Waals surface area contributed by atoms with Crippen molar-refractivity contribution >= 4 is 39.2 Å². The van der Waals surface area contributed by atoms with Crippen LogP contribution in [0.4, 0.5) is 0 Å². The molecular weight excluding hydrogens is 308 g/mol. The van der Waals surface area contributed by atoms with E-state index in [1.165, 1.54) is 7.11 Å². The number of benzene rings is 1. The highest BCUT2D eigenvalue weighted by molar-refractivity contribution is 7.20. The van der Waals surface area contributed by atoms with Gasteiger partial charge in [0.05, 0.1) is 22.0 Å². The third-order valence-corrected chi connectivity index (χ3v) is 4.01. The monoisotopic (exact) mass is 318 g/mol. The summed E-state index contributed by atoms with van der Waals surface area (Å²) in [5.74, 6) is 1.41. The maximum Gasteiger partial charge on any atom is 0.154 e. The summed E-state index contributed by atoms with van der Waals surface area (Å²) < 4.78 is 6.90. The summed E-state index contributed by atoms with van der Waals surface area (Å²) in [5, 5.41) is 5.43. The van der Waals surface area contributed by atoms with Crippen LogP contribution in [0.1, 0.15) is 4.88 Å². The summed E-state index contributed by atoms with van der Waals surface area (Å²) in [4.78, 5) is 9.87. The van der Waals surface area contributed by atoms with Crippen LogP contribution in [-0.2, 0) is 4.84 Å². The molecule has 0 saturated carbocycles. The molecule has 0 aliphatic rings. The zero-order valence-electron chi connectivity index (χ0n) is 11.1. The summed E-state index contributed by atoms with van der Waals surface area (Å²) in [6.07, 6.45) is 5.16. The van der Waals surface area contributed by atoms with Crippen LogP contribution in [0.5, 0.6) is 11.5 Å². The van der Waals surface area contributed by atoms with Crippen LogP contribution in [0.15, 0.2) is 47.9 Å². The van der Waals surface area contributed by atoms with E-state index in [-0.39, 0.29) is 0 Å². The third-order valence-electron chi connectivity index (χ3n) is 2.76. The Morgan fingerprint density at radius 3 is 2.81 bits per heavy atom. The lowest BCUT2D eigenvalue weighted by atomic mass is 10.3. The molecule has 3 rings (SSSR count). The lowest BCUT2D eigenvalue weighted by Crippen LogP contribution is -1.85. The Bertz CT molecular complexity index is 784. The molecule has 6 heteroatoms. The molecule has 0 spiro atoms. The minimum absolute atomic E-state index is 0.673. The van der Waals surface area contributed by atoms with E-state index in [1.807, 2.05) is 18.2 Å². The molecule has 3 aromatic rings. The van der Waals surface area contributed by atoms with Crippen LogP contribution in [0.3, 0.4) is 0 Å². The Kier molecular flexibility index (Phi) is 4.03. The number of ether oxygens (including phenoxy) is 1. The molecule has 0 bridgehead atoms. The number of fused-ring (bicyclic) bond motifs is 1. The second kappa shape index (κ2) is 6.11. The molecule has 2 heterocycles. The van der Waals surface area contributed by atoms with Gasteiger partial charge >= 0.3 is 0 Å². The number of hydrogen-bond donors (Lipinski definition) is 0. The number of hydrogen-bond acceptors (Lipinski definition) is 5.